The third-order valence-corrected chi connectivity index (χ3v) is 5.59. The number of phenols is 1. The fourth-order valence-corrected chi connectivity index (χ4v) is 4.07. The first-order valence-corrected chi connectivity index (χ1v) is 11.9. The van der Waals surface area contributed by atoms with Crippen LogP contribution in [-0.2, 0) is 0 Å². The molecule has 0 saturated carbocycles. The molecule has 0 aliphatic heterocycles. The maximum absolute atomic E-state index is 12.5. The van der Waals surface area contributed by atoms with Crippen molar-refractivity contribution in [3.05, 3.63) is 95.6 Å². The van der Waals surface area contributed by atoms with Gasteiger partial charge in [0, 0.05) is 24.8 Å². The molecule has 172 valence electrons. The first-order chi connectivity index (χ1) is 16.1. The van der Waals surface area contributed by atoms with Crippen LogP contribution in [0, 0.1) is 0 Å². The van der Waals surface area contributed by atoms with Crippen molar-refractivity contribution in [1.82, 2.24) is 4.90 Å². The number of rotatable bonds is 9. The van der Waals surface area contributed by atoms with Gasteiger partial charge < -0.3 is 14.7 Å². The average molecular weight is 484 g/mol. The molecule has 0 radical (unpaired) electrons. The summed E-state index contributed by atoms with van der Waals surface area (Å²) in [5, 5.41) is 9.78. The standard InChI is InChI=1S/C27H27Cl2NO3/c1-2-25(20-6-4-3-5-7-20)26(21-8-12-23(31)13-9-21)22-10-14-24(15-11-22)33-27(32)30(18-16-28)19-17-29/h3-15,31H,2,16-19H2,1H3/b26-25-. The molecule has 0 aliphatic rings. The zero-order valence-corrected chi connectivity index (χ0v) is 20.0. The van der Waals surface area contributed by atoms with Crippen LogP contribution >= 0.6 is 23.2 Å². The molecule has 33 heavy (non-hydrogen) atoms. The molecular weight excluding hydrogens is 457 g/mol. The number of amides is 1. The molecule has 0 atom stereocenters. The van der Waals surface area contributed by atoms with E-state index in [1.807, 2.05) is 42.5 Å². The molecule has 4 nitrogen and oxygen atoms in total. The summed E-state index contributed by atoms with van der Waals surface area (Å²) < 4.78 is 5.53. The number of alkyl halides is 2. The Morgan fingerprint density at radius 1 is 0.818 bits per heavy atom. The molecule has 1 amide bonds. The molecular formula is C27H27Cl2NO3. The second-order valence-electron chi connectivity index (χ2n) is 7.38. The number of carbonyl (C=O) groups is 1. The number of carbonyl (C=O) groups excluding carboxylic acids is 1. The van der Waals surface area contributed by atoms with E-state index in [2.05, 4.69) is 19.1 Å². The van der Waals surface area contributed by atoms with E-state index in [0.717, 1.165) is 28.7 Å². The lowest BCUT2D eigenvalue weighted by Gasteiger charge is -2.20. The number of ether oxygens (including phenoxy) is 1. The van der Waals surface area contributed by atoms with E-state index in [9.17, 15) is 9.90 Å². The van der Waals surface area contributed by atoms with Gasteiger partial charge in [-0.15, -0.1) is 23.2 Å². The normalized spacial score (nSPS) is 11.6. The molecule has 0 bridgehead atoms. The average Bonchev–Trinajstić information content (AvgIpc) is 2.84. The monoisotopic (exact) mass is 483 g/mol. The molecule has 0 unspecified atom stereocenters. The van der Waals surface area contributed by atoms with Crippen molar-refractivity contribution in [2.75, 3.05) is 24.8 Å². The van der Waals surface area contributed by atoms with E-state index in [1.165, 1.54) is 10.5 Å². The van der Waals surface area contributed by atoms with Crippen LogP contribution in [0.3, 0.4) is 0 Å². The third kappa shape index (κ3) is 6.53. The highest BCUT2D eigenvalue weighted by Crippen LogP contribution is 2.35. The number of halogens is 2. The zero-order valence-electron chi connectivity index (χ0n) is 18.5. The number of hydrogen-bond acceptors (Lipinski definition) is 3. The summed E-state index contributed by atoms with van der Waals surface area (Å²) in [5.74, 6) is 1.29. The van der Waals surface area contributed by atoms with Crippen LogP contribution in [0.1, 0.15) is 30.0 Å². The van der Waals surface area contributed by atoms with Gasteiger partial charge in [-0.05, 0) is 58.5 Å². The number of benzene rings is 3. The van der Waals surface area contributed by atoms with Gasteiger partial charge in [-0.25, -0.2) is 4.79 Å². The Kier molecular flexibility index (Phi) is 9.23. The van der Waals surface area contributed by atoms with Gasteiger partial charge in [0.25, 0.3) is 0 Å². The second kappa shape index (κ2) is 12.3. The van der Waals surface area contributed by atoms with Gasteiger partial charge in [0.15, 0.2) is 0 Å². The molecule has 3 aromatic carbocycles. The highest BCUT2D eigenvalue weighted by Gasteiger charge is 2.16. The Balaban J connectivity index is 1.98. The minimum Gasteiger partial charge on any atom is -0.508 e. The summed E-state index contributed by atoms with van der Waals surface area (Å²) in [6, 6.07) is 24.9. The van der Waals surface area contributed by atoms with Crippen LogP contribution in [0.5, 0.6) is 11.5 Å². The first kappa shape index (κ1) is 24.7. The molecule has 0 saturated heterocycles. The summed E-state index contributed by atoms with van der Waals surface area (Å²) in [5.41, 5.74) is 5.36. The zero-order chi connectivity index (χ0) is 23.6. The molecule has 1 N–H and O–H groups in total. The van der Waals surface area contributed by atoms with Crippen LogP contribution < -0.4 is 4.74 Å². The number of phenolic OH excluding ortho intramolecular Hbond substituents is 1. The summed E-state index contributed by atoms with van der Waals surface area (Å²) in [4.78, 5) is 13.9. The largest absolute Gasteiger partial charge is 0.508 e. The van der Waals surface area contributed by atoms with Gasteiger partial charge in [0.2, 0.25) is 0 Å². The highest BCUT2D eigenvalue weighted by atomic mass is 35.5. The van der Waals surface area contributed by atoms with E-state index in [4.69, 9.17) is 27.9 Å². The second-order valence-corrected chi connectivity index (χ2v) is 8.13. The molecule has 3 rings (SSSR count). The Morgan fingerprint density at radius 3 is 1.88 bits per heavy atom. The summed E-state index contributed by atoms with van der Waals surface area (Å²) >= 11 is 11.6. The molecule has 0 fully saturated rings. The van der Waals surface area contributed by atoms with E-state index in [0.29, 0.717) is 30.6 Å². The van der Waals surface area contributed by atoms with Crippen LogP contribution in [0.4, 0.5) is 4.79 Å². The number of nitrogens with zero attached hydrogens (tertiary/aromatic N) is 1. The topological polar surface area (TPSA) is 49.8 Å². The Labute approximate surface area is 205 Å². The maximum atomic E-state index is 12.5. The maximum Gasteiger partial charge on any atom is 0.415 e. The van der Waals surface area contributed by atoms with Gasteiger partial charge in [-0.1, -0.05) is 61.5 Å². The predicted molar refractivity (Wildman–Crippen MR) is 136 cm³/mol. The minimum atomic E-state index is -0.475. The molecule has 0 spiro atoms. The summed E-state index contributed by atoms with van der Waals surface area (Å²) in [6.45, 7) is 2.87. The number of allylic oxidation sites excluding steroid dienone is 1. The Hall–Kier alpha value is -2.95. The smallest absolute Gasteiger partial charge is 0.415 e. The van der Waals surface area contributed by atoms with Crippen molar-refractivity contribution in [3.8, 4) is 11.5 Å². The van der Waals surface area contributed by atoms with Crippen molar-refractivity contribution in [3.63, 3.8) is 0 Å². The van der Waals surface area contributed by atoms with E-state index < -0.39 is 6.09 Å². The van der Waals surface area contributed by atoms with Gasteiger partial charge >= 0.3 is 6.09 Å². The first-order valence-electron chi connectivity index (χ1n) is 10.8. The van der Waals surface area contributed by atoms with Crippen LogP contribution in [0.25, 0.3) is 11.1 Å². The lowest BCUT2D eigenvalue weighted by Crippen LogP contribution is -2.36. The SMILES string of the molecule is CC/C(=C(\c1ccc(O)cc1)c1ccc(OC(=O)N(CCCl)CCCl)cc1)c1ccccc1. The van der Waals surface area contributed by atoms with Crippen molar-refractivity contribution >= 4 is 40.4 Å². The molecule has 3 aromatic rings. The highest BCUT2D eigenvalue weighted by molar-refractivity contribution is 6.18. The quantitative estimate of drug-likeness (QED) is 0.262. The van der Waals surface area contributed by atoms with Gasteiger partial charge in [-0.2, -0.15) is 0 Å². The van der Waals surface area contributed by atoms with Crippen LogP contribution in [-0.4, -0.2) is 40.9 Å². The Bertz CT molecular complexity index is 1060. The number of aromatic hydroxyl groups is 1. The van der Waals surface area contributed by atoms with E-state index in [1.54, 1.807) is 24.3 Å². The van der Waals surface area contributed by atoms with Gasteiger partial charge in [0.1, 0.15) is 11.5 Å². The van der Waals surface area contributed by atoms with Crippen LogP contribution in [0.15, 0.2) is 78.9 Å². The van der Waals surface area contributed by atoms with Gasteiger partial charge in [-0.3, -0.25) is 0 Å². The summed E-state index contributed by atoms with van der Waals surface area (Å²) in [7, 11) is 0. The molecule has 0 aliphatic carbocycles. The lowest BCUT2D eigenvalue weighted by atomic mass is 9.88. The lowest BCUT2D eigenvalue weighted by molar-refractivity contribution is 0.158. The fraction of sp³-hybridized carbons (Fsp3) is 0.222. The molecule has 6 heteroatoms. The fourth-order valence-electron chi connectivity index (χ4n) is 3.66. The van der Waals surface area contributed by atoms with Crippen molar-refractivity contribution in [2.45, 2.75) is 13.3 Å². The third-order valence-electron chi connectivity index (χ3n) is 5.25. The molecule has 0 aromatic heterocycles. The minimum absolute atomic E-state index is 0.219. The van der Waals surface area contributed by atoms with Crippen LogP contribution in [0.2, 0.25) is 0 Å². The predicted octanol–water partition coefficient (Wildman–Crippen LogP) is 7.04. The number of hydrogen-bond donors (Lipinski definition) is 1. The molecule has 0 heterocycles. The van der Waals surface area contributed by atoms with Crippen molar-refractivity contribution in [2.24, 2.45) is 0 Å². The van der Waals surface area contributed by atoms with Crippen molar-refractivity contribution in [1.29, 1.82) is 0 Å². The van der Waals surface area contributed by atoms with Gasteiger partial charge in [0.05, 0.1) is 0 Å². The van der Waals surface area contributed by atoms with Crippen molar-refractivity contribution < 1.29 is 14.6 Å². The summed E-state index contributed by atoms with van der Waals surface area (Å²) in [6.07, 6.45) is 0.347. The van der Waals surface area contributed by atoms with E-state index in [-0.39, 0.29) is 5.75 Å². The van der Waals surface area contributed by atoms with E-state index >= 15 is 0 Å². The Morgan fingerprint density at radius 2 is 1.36 bits per heavy atom.